The summed E-state index contributed by atoms with van der Waals surface area (Å²) in [6.45, 7) is -0.167. The fraction of sp³-hybridized carbons (Fsp3) is 0.714. The van der Waals surface area contributed by atoms with Crippen LogP contribution in [0.5, 0.6) is 0 Å². The van der Waals surface area contributed by atoms with Crippen molar-refractivity contribution in [3.05, 3.63) is 0 Å². The Morgan fingerprint density at radius 1 is 1.33 bits per heavy atom. The number of carboxylic acids is 2. The van der Waals surface area contributed by atoms with Gasteiger partial charge in [0.1, 0.15) is 0 Å². The molecule has 0 amide bonds. The van der Waals surface area contributed by atoms with E-state index in [1.807, 2.05) is 0 Å². The minimum atomic E-state index is -1.49. The van der Waals surface area contributed by atoms with Gasteiger partial charge in [-0.15, -0.1) is 0 Å². The van der Waals surface area contributed by atoms with Gasteiger partial charge in [-0.2, -0.15) is 0 Å². The molecule has 0 saturated heterocycles. The molecule has 0 radical (unpaired) electrons. The summed E-state index contributed by atoms with van der Waals surface area (Å²) in [5.41, 5.74) is 0. The van der Waals surface area contributed by atoms with E-state index in [9.17, 15) is 19.8 Å². The molecule has 1 N–H and O–H groups in total. The maximum Gasteiger partial charge on any atom is 1.00 e. The molecule has 1 unspecified atom stereocenters. The molecule has 0 aliphatic rings. The van der Waals surface area contributed by atoms with E-state index in [1.54, 1.807) is 0 Å². The van der Waals surface area contributed by atoms with Gasteiger partial charge in [0.15, 0.2) is 0 Å². The Morgan fingerprint density at radius 3 is 2.07 bits per heavy atom. The average molecular weight is 235 g/mol. The van der Waals surface area contributed by atoms with Gasteiger partial charge in [-0.25, -0.2) is 0 Å². The molecule has 1 atom stereocenters. The molecule has 0 rings (SSSR count). The minimum Gasteiger partial charge on any atom is -0.550 e. The van der Waals surface area contributed by atoms with E-state index in [1.165, 1.54) is 11.9 Å². The monoisotopic (exact) mass is 235 g/mol. The maximum absolute atomic E-state index is 10.4. The summed E-state index contributed by atoms with van der Waals surface area (Å²) in [4.78, 5) is 21.7. The number of aliphatic carboxylic acids is 2. The molecule has 0 aliphatic heterocycles. The van der Waals surface area contributed by atoms with Gasteiger partial charge >= 0.3 is 59.1 Å². The summed E-state index contributed by atoms with van der Waals surface area (Å²) in [6, 6.07) is -1.25. The van der Waals surface area contributed by atoms with Crippen molar-refractivity contribution in [2.24, 2.45) is 0 Å². The van der Waals surface area contributed by atoms with Crippen LogP contribution >= 0.6 is 0 Å². The zero-order valence-electron chi connectivity index (χ0n) is 9.23. The third kappa shape index (κ3) is 9.77. The molecule has 8 heteroatoms. The number of aliphatic hydroxyl groups excluding tert-OH is 1. The second kappa shape index (κ2) is 11.3. The number of carboxylic acid groups (broad SMARTS) is 2. The van der Waals surface area contributed by atoms with E-state index in [-0.39, 0.29) is 72.3 Å². The number of carbonyl (C=O) groups is 2. The molecule has 76 valence electrons. The average Bonchev–Trinajstić information content (AvgIpc) is 1.99. The van der Waals surface area contributed by atoms with Crippen molar-refractivity contribution in [2.75, 3.05) is 20.2 Å². The Balaban J connectivity index is -0.000000720. The van der Waals surface area contributed by atoms with Gasteiger partial charge in [-0.1, -0.05) is 0 Å². The number of rotatable bonds is 6. The summed E-state index contributed by atoms with van der Waals surface area (Å²) >= 11 is 0. The molecular formula is C7H11NNa2O5. The predicted octanol–water partition coefficient (Wildman–Crippen LogP) is -9.82. The van der Waals surface area contributed by atoms with E-state index in [0.717, 1.165) is 0 Å². The van der Waals surface area contributed by atoms with E-state index in [0.29, 0.717) is 0 Å². The molecule has 15 heavy (non-hydrogen) atoms. The van der Waals surface area contributed by atoms with Crippen LogP contribution in [-0.2, 0) is 9.59 Å². The molecule has 0 fully saturated rings. The first-order valence-corrected chi connectivity index (χ1v) is 3.70. The number of aliphatic hydroxyl groups is 1. The second-order valence-corrected chi connectivity index (χ2v) is 2.62. The first kappa shape index (κ1) is 21.2. The van der Waals surface area contributed by atoms with Crippen molar-refractivity contribution in [2.45, 2.75) is 12.5 Å². The predicted molar refractivity (Wildman–Crippen MR) is 38.1 cm³/mol. The van der Waals surface area contributed by atoms with Crippen LogP contribution in [0.25, 0.3) is 0 Å². The van der Waals surface area contributed by atoms with Crippen LogP contribution in [-0.4, -0.2) is 48.2 Å². The van der Waals surface area contributed by atoms with Crippen molar-refractivity contribution in [1.29, 1.82) is 0 Å². The Hall–Kier alpha value is 0.860. The summed E-state index contributed by atoms with van der Waals surface area (Å²) in [6.07, 6.45) is -0.640. The van der Waals surface area contributed by atoms with Gasteiger partial charge in [0, 0.05) is 18.9 Å². The Morgan fingerprint density at radius 2 is 1.80 bits per heavy atom. The molecule has 0 spiro atoms. The number of likely N-dealkylation sites (N-methyl/N-ethyl adjacent to an activating group) is 1. The molecular weight excluding hydrogens is 224 g/mol. The summed E-state index contributed by atoms with van der Waals surface area (Å²) in [5.74, 6) is -2.95. The second-order valence-electron chi connectivity index (χ2n) is 2.62. The molecule has 0 aromatic rings. The standard InChI is InChI=1S/C7H13NO5.2Na/c1-8(2-3-9)5(7(12)13)4-6(10)11;;/h5,9H,2-4H2,1H3,(H,10,11)(H,12,13);;/q;2*+1/p-2. The Kier molecular flexibility index (Phi) is 16.0. The fourth-order valence-corrected chi connectivity index (χ4v) is 0.891. The van der Waals surface area contributed by atoms with E-state index in [4.69, 9.17) is 5.11 Å². The zero-order chi connectivity index (χ0) is 10.4. The van der Waals surface area contributed by atoms with Crippen LogP contribution in [0.15, 0.2) is 0 Å². The third-order valence-corrected chi connectivity index (χ3v) is 1.62. The summed E-state index contributed by atoms with van der Waals surface area (Å²) in [5, 5.41) is 29.0. The van der Waals surface area contributed by atoms with Crippen molar-refractivity contribution in [1.82, 2.24) is 4.90 Å². The molecule has 0 aromatic heterocycles. The molecule has 0 saturated carbocycles. The zero-order valence-corrected chi connectivity index (χ0v) is 13.2. The van der Waals surface area contributed by atoms with Gasteiger partial charge in [-0.3, -0.25) is 4.90 Å². The van der Waals surface area contributed by atoms with Crippen LogP contribution < -0.4 is 69.3 Å². The maximum atomic E-state index is 10.4. The van der Waals surface area contributed by atoms with Crippen LogP contribution in [0.2, 0.25) is 0 Å². The van der Waals surface area contributed by atoms with Gasteiger partial charge in [0.2, 0.25) is 0 Å². The van der Waals surface area contributed by atoms with Crippen molar-refractivity contribution in [3.63, 3.8) is 0 Å². The summed E-state index contributed by atoms with van der Waals surface area (Å²) < 4.78 is 0. The Bertz CT molecular complexity index is 202. The van der Waals surface area contributed by atoms with Crippen LogP contribution in [0.1, 0.15) is 6.42 Å². The SMILES string of the molecule is CN(CCO)C(CC(=O)[O-])C(=O)[O-].[Na+].[Na+]. The van der Waals surface area contributed by atoms with Crippen LogP contribution in [0.3, 0.4) is 0 Å². The van der Waals surface area contributed by atoms with Gasteiger partial charge in [0.05, 0.1) is 18.6 Å². The molecule has 0 aromatic carbocycles. The number of hydrogen-bond donors (Lipinski definition) is 1. The minimum absolute atomic E-state index is 0. The largest absolute Gasteiger partial charge is 1.00 e. The van der Waals surface area contributed by atoms with Gasteiger partial charge in [-0.05, 0) is 7.05 Å². The van der Waals surface area contributed by atoms with E-state index < -0.39 is 24.4 Å². The molecule has 6 nitrogen and oxygen atoms in total. The third-order valence-electron chi connectivity index (χ3n) is 1.62. The van der Waals surface area contributed by atoms with Crippen LogP contribution in [0.4, 0.5) is 0 Å². The van der Waals surface area contributed by atoms with E-state index >= 15 is 0 Å². The van der Waals surface area contributed by atoms with Gasteiger partial charge in [0.25, 0.3) is 0 Å². The normalized spacial score (nSPS) is 11.1. The number of carbonyl (C=O) groups excluding carboxylic acids is 2. The number of nitrogens with zero attached hydrogens (tertiary/aromatic N) is 1. The molecule has 0 aliphatic carbocycles. The van der Waals surface area contributed by atoms with Crippen molar-refractivity contribution < 1.29 is 84.0 Å². The van der Waals surface area contributed by atoms with Gasteiger partial charge < -0.3 is 24.9 Å². The number of hydrogen-bond acceptors (Lipinski definition) is 6. The fourth-order valence-electron chi connectivity index (χ4n) is 0.891. The van der Waals surface area contributed by atoms with E-state index in [2.05, 4.69) is 0 Å². The first-order valence-electron chi connectivity index (χ1n) is 3.70. The van der Waals surface area contributed by atoms with Crippen molar-refractivity contribution >= 4 is 11.9 Å². The first-order chi connectivity index (χ1) is 5.99. The summed E-state index contributed by atoms with van der Waals surface area (Å²) in [7, 11) is 1.39. The molecule has 0 heterocycles. The smallest absolute Gasteiger partial charge is 0.550 e. The van der Waals surface area contributed by atoms with Crippen LogP contribution in [0, 0.1) is 0 Å². The Labute approximate surface area is 132 Å². The molecule has 0 bridgehead atoms. The quantitative estimate of drug-likeness (QED) is 0.458. The topological polar surface area (TPSA) is 104 Å². The van der Waals surface area contributed by atoms with Crippen molar-refractivity contribution in [3.8, 4) is 0 Å².